The van der Waals surface area contributed by atoms with Crippen LogP contribution in [-0.2, 0) is 57.2 Å². The first kappa shape index (κ1) is 35.9. The van der Waals surface area contributed by atoms with Gasteiger partial charge in [-0.2, -0.15) is 0 Å². The molecule has 1 heterocycles. The predicted octanol–water partition coefficient (Wildman–Crippen LogP) is 1.51. The van der Waals surface area contributed by atoms with Crippen LogP contribution in [0, 0.1) is 23.2 Å². The average molecular weight is 675 g/mol. The van der Waals surface area contributed by atoms with Gasteiger partial charge in [0.15, 0.2) is 29.5 Å². The number of aliphatic hydroxyl groups is 2. The Morgan fingerprint density at radius 3 is 1.96 bits per heavy atom. The summed E-state index contributed by atoms with van der Waals surface area (Å²) in [6.45, 7) is 10.0. The molecule has 1 aliphatic heterocycles. The topological polar surface area (TPSA) is 198 Å². The van der Waals surface area contributed by atoms with Crippen molar-refractivity contribution in [3.05, 3.63) is 0 Å². The van der Waals surface area contributed by atoms with Crippen LogP contribution in [0.25, 0.3) is 0 Å². The van der Waals surface area contributed by atoms with Gasteiger partial charge >= 0.3 is 35.8 Å². The summed E-state index contributed by atoms with van der Waals surface area (Å²) in [5.74, 6) is -9.16. The molecule has 3 aliphatic carbocycles. The van der Waals surface area contributed by atoms with Crippen LogP contribution < -0.4 is 0 Å². The molecule has 1 saturated heterocycles. The lowest BCUT2D eigenvalue weighted by atomic mass is 9.55. The predicted molar refractivity (Wildman–Crippen MR) is 155 cm³/mol. The van der Waals surface area contributed by atoms with Gasteiger partial charge in [-0.05, 0) is 33.6 Å². The lowest BCUT2D eigenvalue weighted by molar-refractivity contribution is -0.264. The standard InChI is InChI=1S/C31H43ClO14/c1-9-21(37)44-24-25(42-15(3)34)31(27(6,39)13-32)20(12-22(38)46-31)28(7,40)19-11-10-18-23(41-14(2)33)30(19,24)26(43-16(4)35)29(18,8)45-17(5)36/h18-20,23-26,39-40H,9-13H2,1-8H3/t18-,19+,20+,23-,24-,25-,26+,27+,28-,29+,30+,31+/m1/s1. The molecular formula is C31H43ClO14. The number of ether oxygens (including phenoxy) is 6. The zero-order valence-corrected chi connectivity index (χ0v) is 28.0. The second-order valence-electron chi connectivity index (χ2n) is 13.5. The van der Waals surface area contributed by atoms with Crippen molar-refractivity contribution in [1.29, 1.82) is 0 Å². The highest BCUT2D eigenvalue weighted by atomic mass is 35.5. The van der Waals surface area contributed by atoms with Gasteiger partial charge in [0.2, 0.25) is 0 Å². The molecule has 0 radical (unpaired) electrons. The summed E-state index contributed by atoms with van der Waals surface area (Å²) in [4.78, 5) is 78.0. The summed E-state index contributed by atoms with van der Waals surface area (Å²) < 4.78 is 35.9. The highest BCUT2D eigenvalue weighted by Crippen LogP contribution is 2.71. The van der Waals surface area contributed by atoms with Crippen molar-refractivity contribution in [2.75, 3.05) is 5.88 Å². The fourth-order valence-electron chi connectivity index (χ4n) is 9.26. The number of hydrogen-bond acceptors (Lipinski definition) is 14. The van der Waals surface area contributed by atoms with E-state index in [-0.39, 0.29) is 19.3 Å². The van der Waals surface area contributed by atoms with Gasteiger partial charge < -0.3 is 38.6 Å². The Labute approximate surface area is 271 Å². The van der Waals surface area contributed by atoms with Crippen molar-refractivity contribution in [2.45, 2.75) is 128 Å². The molecule has 0 aromatic rings. The lowest BCUT2D eigenvalue weighted by Crippen LogP contribution is -2.71. The molecular weight excluding hydrogens is 632 g/mol. The molecule has 4 rings (SSSR count). The van der Waals surface area contributed by atoms with E-state index in [9.17, 15) is 39.0 Å². The Morgan fingerprint density at radius 1 is 0.891 bits per heavy atom. The van der Waals surface area contributed by atoms with Gasteiger partial charge in [-0.1, -0.05) is 6.92 Å². The Kier molecular flexibility index (Phi) is 9.30. The van der Waals surface area contributed by atoms with E-state index in [2.05, 4.69) is 0 Å². The van der Waals surface area contributed by atoms with Crippen LogP contribution in [0.1, 0.15) is 81.1 Å². The van der Waals surface area contributed by atoms with E-state index in [4.69, 9.17) is 40.0 Å². The van der Waals surface area contributed by atoms with E-state index < -0.39 is 118 Å². The number of alkyl halides is 1. The number of hydrogen-bond donors (Lipinski definition) is 2. The number of rotatable bonds is 8. The van der Waals surface area contributed by atoms with Crippen LogP contribution in [0.4, 0.5) is 0 Å². The summed E-state index contributed by atoms with van der Waals surface area (Å²) in [6.07, 6.45) is -7.27. The molecule has 0 aromatic carbocycles. The van der Waals surface area contributed by atoms with Crippen LogP contribution in [0.2, 0.25) is 0 Å². The molecule has 0 amide bonds. The number of esters is 6. The molecule has 258 valence electrons. The van der Waals surface area contributed by atoms with Crippen LogP contribution >= 0.6 is 11.6 Å². The maximum absolute atomic E-state index is 13.4. The van der Waals surface area contributed by atoms with Gasteiger partial charge in [-0.25, -0.2) is 0 Å². The molecule has 46 heavy (non-hydrogen) atoms. The summed E-state index contributed by atoms with van der Waals surface area (Å²) >= 11 is 6.32. The zero-order valence-electron chi connectivity index (χ0n) is 27.2. The minimum Gasteiger partial charge on any atom is -0.461 e. The van der Waals surface area contributed by atoms with Gasteiger partial charge in [-0.15, -0.1) is 11.6 Å². The Hall–Kier alpha value is -2.97. The smallest absolute Gasteiger partial charge is 0.307 e. The number of carbonyl (C=O) groups excluding carboxylic acids is 6. The number of fused-ring (bicyclic) bond motifs is 2. The third-order valence-corrected chi connectivity index (χ3v) is 11.1. The summed E-state index contributed by atoms with van der Waals surface area (Å²) in [5, 5.41) is 24.9. The maximum Gasteiger partial charge on any atom is 0.307 e. The highest BCUT2D eigenvalue weighted by Gasteiger charge is 2.87. The second kappa shape index (κ2) is 11.9. The monoisotopic (exact) mass is 674 g/mol. The van der Waals surface area contributed by atoms with E-state index >= 15 is 0 Å². The van der Waals surface area contributed by atoms with E-state index in [1.54, 1.807) is 0 Å². The second-order valence-corrected chi connectivity index (χ2v) is 13.8. The van der Waals surface area contributed by atoms with E-state index in [1.807, 2.05) is 0 Å². The SMILES string of the molecule is CCC(=O)O[C@@H]1[C@@H](OC(C)=O)[C@@]2([C@@](C)(O)CCl)OC(=O)C[C@H]2[C@](C)(O)[C@@H]2CC[C@@H]3[C@@H](OC(C)=O)[C@]12[C@@H](OC(C)=O)[C@@]3(C)OC(C)=O. The summed E-state index contributed by atoms with van der Waals surface area (Å²) in [6, 6.07) is 0. The van der Waals surface area contributed by atoms with Crippen LogP contribution in [0.3, 0.4) is 0 Å². The fourth-order valence-corrected chi connectivity index (χ4v) is 9.47. The van der Waals surface area contributed by atoms with E-state index in [1.165, 1.54) is 27.7 Å². The van der Waals surface area contributed by atoms with Crippen LogP contribution in [0.5, 0.6) is 0 Å². The van der Waals surface area contributed by atoms with Crippen molar-refractivity contribution in [2.24, 2.45) is 23.2 Å². The molecule has 4 fully saturated rings. The summed E-state index contributed by atoms with van der Waals surface area (Å²) in [5.41, 5.74) is -10.5. The Balaban J connectivity index is 2.26. The quantitative estimate of drug-likeness (QED) is 0.213. The Morgan fingerprint density at radius 2 is 1.46 bits per heavy atom. The zero-order chi connectivity index (χ0) is 34.8. The molecule has 2 bridgehead atoms. The van der Waals surface area contributed by atoms with Gasteiger partial charge in [0.25, 0.3) is 0 Å². The molecule has 0 unspecified atom stereocenters. The molecule has 15 heteroatoms. The van der Waals surface area contributed by atoms with Crippen LogP contribution in [-0.4, -0.2) is 98.7 Å². The third kappa shape index (κ3) is 5.06. The van der Waals surface area contributed by atoms with Gasteiger partial charge in [-0.3, -0.25) is 28.8 Å². The molecule has 12 atom stereocenters. The molecule has 3 saturated carbocycles. The van der Waals surface area contributed by atoms with Crippen molar-refractivity contribution in [1.82, 2.24) is 0 Å². The minimum absolute atomic E-state index is 0.0702. The van der Waals surface area contributed by atoms with Crippen LogP contribution in [0.15, 0.2) is 0 Å². The first-order valence-electron chi connectivity index (χ1n) is 15.3. The average Bonchev–Trinajstić information content (AvgIpc) is 3.33. The molecule has 0 aromatic heterocycles. The molecule has 14 nitrogen and oxygen atoms in total. The first-order valence-corrected chi connectivity index (χ1v) is 15.8. The van der Waals surface area contributed by atoms with Crippen molar-refractivity contribution >= 4 is 47.4 Å². The number of halogens is 1. The molecule has 4 aliphatic rings. The number of carbonyl (C=O) groups is 6. The van der Waals surface area contributed by atoms with E-state index in [0.717, 1.165) is 27.7 Å². The van der Waals surface area contributed by atoms with Gasteiger partial charge in [0.1, 0.15) is 11.7 Å². The third-order valence-electron chi connectivity index (χ3n) is 10.6. The van der Waals surface area contributed by atoms with Gasteiger partial charge in [0.05, 0.1) is 23.3 Å². The maximum atomic E-state index is 13.4. The molecule has 2 N–H and O–H groups in total. The minimum atomic E-state index is -2.36. The fraction of sp³-hybridized carbons (Fsp3) is 0.806. The van der Waals surface area contributed by atoms with Crippen molar-refractivity contribution < 1.29 is 67.4 Å². The largest absolute Gasteiger partial charge is 0.461 e. The normalized spacial score (nSPS) is 42.2. The van der Waals surface area contributed by atoms with Crippen molar-refractivity contribution in [3.63, 3.8) is 0 Å². The highest BCUT2D eigenvalue weighted by molar-refractivity contribution is 6.18. The lowest BCUT2D eigenvalue weighted by Gasteiger charge is -2.54. The summed E-state index contributed by atoms with van der Waals surface area (Å²) in [7, 11) is 0. The van der Waals surface area contributed by atoms with Gasteiger partial charge in [0, 0.05) is 51.9 Å². The van der Waals surface area contributed by atoms with E-state index in [0.29, 0.717) is 0 Å². The first-order chi connectivity index (χ1) is 21.2. The van der Waals surface area contributed by atoms with Crippen molar-refractivity contribution in [3.8, 4) is 0 Å². The molecule has 1 spiro atoms. The Bertz CT molecular complexity index is 1310.